The summed E-state index contributed by atoms with van der Waals surface area (Å²) >= 11 is 1.98. The molecule has 0 aromatic carbocycles. The summed E-state index contributed by atoms with van der Waals surface area (Å²) in [5.41, 5.74) is 0. The maximum Gasteiger partial charge on any atom is 0.303 e. The highest BCUT2D eigenvalue weighted by atomic mass is 32.2. The maximum absolute atomic E-state index is 10.3. The summed E-state index contributed by atoms with van der Waals surface area (Å²) in [7, 11) is 0. The summed E-state index contributed by atoms with van der Waals surface area (Å²) in [5.74, 6) is 1.67. The van der Waals surface area contributed by atoms with Crippen molar-refractivity contribution in [3.8, 4) is 0 Å². The molecule has 0 rings (SSSR count). The predicted molar refractivity (Wildman–Crippen MR) is 90.4 cm³/mol. The van der Waals surface area contributed by atoms with Gasteiger partial charge < -0.3 is 5.11 Å². The zero-order chi connectivity index (χ0) is 14.9. The third kappa shape index (κ3) is 17.0. The van der Waals surface area contributed by atoms with Crippen molar-refractivity contribution >= 4 is 17.7 Å². The zero-order valence-corrected chi connectivity index (χ0v) is 13.4. The largest absolute Gasteiger partial charge is 0.481 e. The molecule has 0 aliphatic rings. The second kappa shape index (κ2) is 16.1. The Hall–Kier alpha value is -0.960. The molecule has 0 bridgehead atoms. The number of allylic oxidation sites excluding steroid dienone is 5. The fourth-order valence-electron chi connectivity index (χ4n) is 1.56. The number of hydrogen-bond acceptors (Lipinski definition) is 2. The molecule has 114 valence electrons. The van der Waals surface area contributed by atoms with Gasteiger partial charge >= 0.3 is 5.97 Å². The monoisotopic (exact) mass is 296 g/mol. The average molecular weight is 296 g/mol. The third-order valence-electron chi connectivity index (χ3n) is 2.62. The van der Waals surface area contributed by atoms with Crippen LogP contribution in [0.25, 0.3) is 0 Å². The van der Waals surface area contributed by atoms with Gasteiger partial charge in [0.25, 0.3) is 0 Å². The van der Waals surface area contributed by atoms with E-state index in [-0.39, 0.29) is 6.42 Å². The van der Waals surface area contributed by atoms with Crippen molar-refractivity contribution in [1.82, 2.24) is 0 Å². The minimum Gasteiger partial charge on any atom is -0.481 e. The normalized spacial score (nSPS) is 12.1. The molecule has 0 spiro atoms. The van der Waals surface area contributed by atoms with E-state index >= 15 is 0 Å². The van der Waals surface area contributed by atoms with Crippen LogP contribution in [0.2, 0.25) is 0 Å². The van der Waals surface area contributed by atoms with Gasteiger partial charge in [-0.25, -0.2) is 0 Å². The Kier molecular flexibility index (Phi) is 15.3. The molecule has 0 heterocycles. The van der Waals surface area contributed by atoms with E-state index in [1.54, 1.807) is 0 Å². The standard InChI is InChI=1S/C17H28O2S/c1-2-15-20-16-13-11-9-7-5-3-4-6-8-10-12-14-17(18)19/h4-7,11,13H,2-3,8-10,12,14-16H2,1H3,(H,18,19)/b6-4+,7-5?,13-11?. The van der Waals surface area contributed by atoms with Gasteiger partial charge in [-0.05, 0) is 44.3 Å². The highest BCUT2D eigenvalue weighted by molar-refractivity contribution is 7.99. The number of rotatable bonds is 13. The molecular formula is C17H28O2S. The predicted octanol–water partition coefficient (Wildman–Crippen LogP) is 5.22. The Balaban J connectivity index is 3.32. The minimum absolute atomic E-state index is 0.288. The van der Waals surface area contributed by atoms with Crippen LogP contribution in [0, 0.1) is 0 Å². The smallest absolute Gasteiger partial charge is 0.303 e. The lowest BCUT2D eigenvalue weighted by Gasteiger charge is -1.92. The molecule has 2 nitrogen and oxygen atoms in total. The number of thioether (sulfide) groups is 1. The van der Waals surface area contributed by atoms with E-state index in [0.29, 0.717) is 0 Å². The van der Waals surface area contributed by atoms with Crippen molar-refractivity contribution in [2.75, 3.05) is 11.5 Å². The number of carboxylic acid groups (broad SMARTS) is 1. The number of carboxylic acids is 1. The highest BCUT2D eigenvalue weighted by Gasteiger charge is 1.93. The van der Waals surface area contributed by atoms with E-state index in [4.69, 9.17) is 5.11 Å². The van der Waals surface area contributed by atoms with Crippen molar-refractivity contribution in [1.29, 1.82) is 0 Å². The van der Waals surface area contributed by atoms with Crippen molar-refractivity contribution < 1.29 is 9.90 Å². The SMILES string of the molecule is CCCSCC=CCC=CC/C=C/CCCCC(=O)O. The molecule has 0 fully saturated rings. The quantitative estimate of drug-likeness (QED) is 0.374. The van der Waals surface area contributed by atoms with Gasteiger partial charge in [0.2, 0.25) is 0 Å². The molecule has 0 aliphatic heterocycles. The summed E-state index contributed by atoms with van der Waals surface area (Å²) in [4.78, 5) is 10.3. The molecule has 0 aliphatic carbocycles. The van der Waals surface area contributed by atoms with E-state index in [1.165, 1.54) is 12.2 Å². The van der Waals surface area contributed by atoms with Gasteiger partial charge in [0.15, 0.2) is 0 Å². The zero-order valence-electron chi connectivity index (χ0n) is 12.6. The van der Waals surface area contributed by atoms with Crippen molar-refractivity contribution in [3.05, 3.63) is 36.5 Å². The number of unbranched alkanes of at least 4 members (excludes halogenated alkanes) is 2. The van der Waals surface area contributed by atoms with Crippen LogP contribution in [0.4, 0.5) is 0 Å². The minimum atomic E-state index is -0.696. The molecular weight excluding hydrogens is 268 g/mol. The van der Waals surface area contributed by atoms with Crippen LogP contribution in [-0.4, -0.2) is 22.6 Å². The summed E-state index contributed by atoms with van der Waals surface area (Å²) in [5, 5.41) is 8.48. The molecule has 1 N–H and O–H groups in total. The van der Waals surface area contributed by atoms with E-state index < -0.39 is 5.97 Å². The number of aliphatic carboxylic acids is 1. The van der Waals surface area contributed by atoms with Crippen LogP contribution in [-0.2, 0) is 4.79 Å². The van der Waals surface area contributed by atoms with Gasteiger partial charge in [0.05, 0.1) is 0 Å². The van der Waals surface area contributed by atoms with E-state index in [1.807, 2.05) is 11.8 Å². The Morgan fingerprint density at radius 1 is 1.00 bits per heavy atom. The first kappa shape index (κ1) is 19.0. The van der Waals surface area contributed by atoms with Crippen LogP contribution >= 0.6 is 11.8 Å². The molecule has 20 heavy (non-hydrogen) atoms. The van der Waals surface area contributed by atoms with Gasteiger partial charge in [0, 0.05) is 12.2 Å². The Morgan fingerprint density at radius 2 is 1.65 bits per heavy atom. The number of carbonyl (C=O) groups is 1. The first-order valence-corrected chi connectivity index (χ1v) is 8.67. The summed E-state index contributed by atoms with van der Waals surface area (Å²) < 4.78 is 0. The fraction of sp³-hybridized carbons (Fsp3) is 0.588. The van der Waals surface area contributed by atoms with Gasteiger partial charge in [-0.2, -0.15) is 11.8 Å². The maximum atomic E-state index is 10.3. The second-order valence-corrected chi connectivity index (χ2v) is 5.75. The lowest BCUT2D eigenvalue weighted by atomic mass is 10.2. The summed E-state index contributed by atoms with van der Waals surface area (Å²) in [6.45, 7) is 2.21. The van der Waals surface area contributed by atoms with Crippen molar-refractivity contribution in [3.63, 3.8) is 0 Å². The molecule has 0 saturated carbocycles. The Morgan fingerprint density at radius 3 is 2.30 bits per heavy atom. The van der Waals surface area contributed by atoms with E-state index in [9.17, 15) is 4.79 Å². The average Bonchev–Trinajstić information content (AvgIpc) is 2.43. The van der Waals surface area contributed by atoms with Crippen LogP contribution in [0.5, 0.6) is 0 Å². The first-order chi connectivity index (χ1) is 9.77. The van der Waals surface area contributed by atoms with Gasteiger partial charge in [0.1, 0.15) is 0 Å². The van der Waals surface area contributed by atoms with Gasteiger partial charge in [-0.1, -0.05) is 43.4 Å². The van der Waals surface area contributed by atoms with E-state index in [0.717, 1.165) is 37.9 Å². The van der Waals surface area contributed by atoms with Crippen LogP contribution in [0.1, 0.15) is 51.9 Å². The molecule has 0 radical (unpaired) electrons. The molecule has 3 heteroatoms. The van der Waals surface area contributed by atoms with Crippen molar-refractivity contribution in [2.45, 2.75) is 51.9 Å². The van der Waals surface area contributed by atoms with Crippen LogP contribution in [0.3, 0.4) is 0 Å². The fourth-order valence-corrected chi connectivity index (χ4v) is 2.29. The van der Waals surface area contributed by atoms with Gasteiger partial charge in [-0.15, -0.1) is 0 Å². The van der Waals surface area contributed by atoms with Crippen LogP contribution < -0.4 is 0 Å². The summed E-state index contributed by atoms with van der Waals surface area (Å²) in [6, 6.07) is 0. The summed E-state index contributed by atoms with van der Waals surface area (Å²) in [6.07, 6.45) is 19.4. The van der Waals surface area contributed by atoms with Crippen molar-refractivity contribution in [2.24, 2.45) is 0 Å². The molecule has 0 aromatic rings. The lowest BCUT2D eigenvalue weighted by molar-refractivity contribution is -0.137. The first-order valence-electron chi connectivity index (χ1n) is 7.52. The molecule has 0 saturated heterocycles. The topological polar surface area (TPSA) is 37.3 Å². The number of hydrogen-bond donors (Lipinski definition) is 1. The lowest BCUT2D eigenvalue weighted by Crippen LogP contribution is -1.92. The molecule has 0 amide bonds. The molecule has 0 atom stereocenters. The molecule has 0 aromatic heterocycles. The van der Waals surface area contributed by atoms with Gasteiger partial charge in [-0.3, -0.25) is 4.79 Å². The highest BCUT2D eigenvalue weighted by Crippen LogP contribution is 2.03. The Bertz CT molecular complexity index is 306. The Labute approximate surface area is 128 Å². The van der Waals surface area contributed by atoms with Crippen LogP contribution in [0.15, 0.2) is 36.5 Å². The third-order valence-corrected chi connectivity index (χ3v) is 3.74. The molecule has 0 unspecified atom stereocenters. The van der Waals surface area contributed by atoms with E-state index in [2.05, 4.69) is 43.4 Å². The second-order valence-electron chi connectivity index (χ2n) is 4.60.